The molecule has 34 heavy (non-hydrogen) atoms. The second-order valence-corrected chi connectivity index (χ2v) is 9.98. The molecule has 4 N–H and O–H groups in total. The van der Waals surface area contributed by atoms with Crippen LogP contribution in [-0.2, 0) is 24.1 Å². The van der Waals surface area contributed by atoms with Crippen molar-refractivity contribution < 1.29 is 22.7 Å². The Bertz CT molecular complexity index is 1170. The van der Waals surface area contributed by atoms with Gasteiger partial charge in [0.2, 0.25) is 0 Å². The molecule has 0 spiro atoms. The number of benzene rings is 1. The first kappa shape index (κ1) is 25.5. The van der Waals surface area contributed by atoms with Gasteiger partial charge in [0.1, 0.15) is 0 Å². The highest BCUT2D eigenvalue weighted by Crippen LogP contribution is 2.21. The number of hydrogen-bond acceptors (Lipinski definition) is 7. The van der Waals surface area contributed by atoms with Gasteiger partial charge in [-0.05, 0) is 42.3 Å². The van der Waals surface area contributed by atoms with Gasteiger partial charge in [-0.3, -0.25) is 4.79 Å². The molecule has 9 heteroatoms. The minimum absolute atomic E-state index is 0.0148. The van der Waals surface area contributed by atoms with Gasteiger partial charge < -0.3 is 25.8 Å². The molecule has 1 atom stereocenters. The second kappa shape index (κ2) is 11.9. The van der Waals surface area contributed by atoms with Crippen LogP contribution >= 0.6 is 0 Å². The Hall–Kier alpha value is -3.10. The van der Waals surface area contributed by atoms with E-state index in [1.807, 2.05) is 12.2 Å². The highest BCUT2D eigenvalue weighted by atomic mass is 32.2. The van der Waals surface area contributed by atoms with E-state index in [0.29, 0.717) is 44.2 Å². The first-order valence-corrected chi connectivity index (χ1v) is 13.0. The zero-order chi connectivity index (χ0) is 24.6. The van der Waals surface area contributed by atoms with Gasteiger partial charge in [0.25, 0.3) is 5.91 Å². The van der Waals surface area contributed by atoms with Crippen molar-refractivity contribution in [3.8, 4) is 0 Å². The summed E-state index contributed by atoms with van der Waals surface area (Å²) in [7, 11) is -3.38. The van der Waals surface area contributed by atoms with Gasteiger partial charge in [0.05, 0.1) is 42.1 Å². The quantitative estimate of drug-likeness (QED) is 0.484. The predicted molar refractivity (Wildman–Crippen MR) is 132 cm³/mol. The number of primary amides is 1. The predicted octanol–water partition coefficient (Wildman–Crippen LogP) is 2.58. The van der Waals surface area contributed by atoms with Crippen LogP contribution in [0.3, 0.4) is 0 Å². The van der Waals surface area contributed by atoms with Crippen molar-refractivity contribution >= 4 is 21.4 Å². The molecule has 1 aliphatic heterocycles. The molecule has 8 nitrogen and oxygen atoms in total. The van der Waals surface area contributed by atoms with Crippen molar-refractivity contribution in [3.05, 3.63) is 76.8 Å². The van der Waals surface area contributed by atoms with Crippen LogP contribution in [0.2, 0.25) is 0 Å². The van der Waals surface area contributed by atoms with E-state index in [0.717, 1.165) is 23.9 Å². The van der Waals surface area contributed by atoms with E-state index in [9.17, 15) is 13.2 Å². The van der Waals surface area contributed by atoms with Gasteiger partial charge in [-0.1, -0.05) is 30.9 Å². The number of carbonyl (C=O) groups is 1. The number of hydrogen-bond donors (Lipinski definition) is 3. The van der Waals surface area contributed by atoms with Crippen LogP contribution < -0.4 is 16.4 Å². The maximum Gasteiger partial charge on any atom is 0.251 e. The van der Waals surface area contributed by atoms with Gasteiger partial charge in [0, 0.05) is 30.6 Å². The average Bonchev–Trinajstić information content (AvgIpc) is 2.81. The fourth-order valence-corrected chi connectivity index (χ4v) is 4.24. The highest BCUT2D eigenvalue weighted by Gasteiger charge is 2.16. The number of nitrogens with one attached hydrogen (secondary N) is 2. The standard InChI is InChI=1S/C25H31N3O5S/c1-3-18-7-4-10-22(25(26)29)24(28-19-8-5-9-21(15-19)34(2,30)31)12-6-11-23(18)27-16-20-17-32-13-14-33-20/h4-10,15,20,27-28H,3,11,13-14,16-17H2,1-2H3,(H2,26,29)/b7-4+,22-10+,23-18+. The lowest BCUT2D eigenvalue weighted by atomic mass is 10.0. The normalized spacial score (nSPS) is 23.9. The molecule has 0 bridgehead atoms. The lowest BCUT2D eigenvalue weighted by Gasteiger charge is -2.24. The van der Waals surface area contributed by atoms with Crippen molar-refractivity contribution in [1.82, 2.24) is 5.32 Å². The van der Waals surface area contributed by atoms with Gasteiger partial charge in [-0.2, -0.15) is 0 Å². The van der Waals surface area contributed by atoms with E-state index in [4.69, 9.17) is 15.2 Å². The molecule has 1 aromatic carbocycles. The molecule has 1 fully saturated rings. The first-order chi connectivity index (χ1) is 16.3. The smallest absolute Gasteiger partial charge is 0.251 e. The Balaban J connectivity index is 1.91. The van der Waals surface area contributed by atoms with Gasteiger partial charge in [-0.15, -0.1) is 0 Å². The third-order valence-corrected chi connectivity index (χ3v) is 6.49. The van der Waals surface area contributed by atoms with Crippen LogP contribution in [0.15, 0.2) is 81.7 Å². The minimum Gasteiger partial charge on any atom is -0.385 e. The number of sulfone groups is 1. The largest absolute Gasteiger partial charge is 0.385 e. The molecule has 2 aliphatic rings. The topological polar surface area (TPSA) is 120 Å². The summed E-state index contributed by atoms with van der Waals surface area (Å²) in [6.45, 7) is 4.44. The molecule has 1 heterocycles. The molecule has 1 saturated heterocycles. The van der Waals surface area contributed by atoms with Crippen molar-refractivity contribution in [2.24, 2.45) is 5.73 Å². The molecule has 1 aromatic rings. The molecule has 0 saturated carbocycles. The van der Waals surface area contributed by atoms with Gasteiger partial charge >= 0.3 is 0 Å². The fourth-order valence-electron chi connectivity index (χ4n) is 3.57. The Kier molecular flexibility index (Phi) is 8.90. The van der Waals surface area contributed by atoms with E-state index >= 15 is 0 Å². The summed E-state index contributed by atoms with van der Waals surface area (Å²) in [6, 6.07) is 6.37. The number of carbonyl (C=O) groups excluding carboxylic acids is 1. The Morgan fingerprint density at radius 1 is 1.29 bits per heavy atom. The maximum absolute atomic E-state index is 12.2. The zero-order valence-electron chi connectivity index (χ0n) is 19.5. The van der Waals surface area contributed by atoms with E-state index in [1.54, 1.807) is 24.3 Å². The number of amides is 1. The van der Waals surface area contributed by atoms with Crippen LogP contribution in [0, 0.1) is 0 Å². The van der Waals surface area contributed by atoms with Gasteiger partial charge in [-0.25, -0.2) is 8.42 Å². The van der Waals surface area contributed by atoms with E-state index in [1.165, 1.54) is 12.1 Å². The molecule has 1 amide bonds. The van der Waals surface area contributed by atoms with Crippen LogP contribution in [-0.4, -0.2) is 53.1 Å². The Labute approximate surface area is 200 Å². The molecule has 182 valence electrons. The molecular weight excluding hydrogens is 454 g/mol. The molecule has 0 aromatic heterocycles. The van der Waals surface area contributed by atoms with Crippen LogP contribution in [0.5, 0.6) is 0 Å². The summed E-state index contributed by atoms with van der Waals surface area (Å²) in [5.74, 6) is -0.622. The lowest BCUT2D eigenvalue weighted by Crippen LogP contribution is -2.37. The number of ether oxygens (including phenoxy) is 2. The van der Waals surface area contributed by atoms with Crippen molar-refractivity contribution in [3.63, 3.8) is 0 Å². The Morgan fingerprint density at radius 3 is 2.79 bits per heavy atom. The lowest BCUT2D eigenvalue weighted by molar-refractivity contribution is -0.114. The van der Waals surface area contributed by atoms with Crippen LogP contribution in [0.25, 0.3) is 0 Å². The number of anilines is 1. The molecular formula is C25H31N3O5S. The summed E-state index contributed by atoms with van der Waals surface area (Å²) in [5.41, 5.74) is 12.0. The summed E-state index contributed by atoms with van der Waals surface area (Å²) >= 11 is 0. The fraction of sp³-hybridized carbons (Fsp3) is 0.360. The summed E-state index contributed by atoms with van der Waals surface area (Å²) < 4.78 is 35.0. The molecule has 3 rings (SSSR count). The maximum atomic E-state index is 12.2. The van der Waals surface area contributed by atoms with Crippen molar-refractivity contribution in [2.75, 3.05) is 37.9 Å². The van der Waals surface area contributed by atoms with Crippen LogP contribution in [0.1, 0.15) is 19.8 Å². The molecule has 1 aliphatic carbocycles. The van der Waals surface area contributed by atoms with E-state index < -0.39 is 15.7 Å². The minimum atomic E-state index is -3.38. The Morgan fingerprint density at radius 2 is 2.12 bits per heavy atom. The second-order valence-electron chi connectivity index (χ2n) is 7.96. The average molecular weight is 486 g/mol. The van der Waals surface area contributed by atoms with Crippen molar-refractivity contribution in [1.29, 1.82) is 0 Å². The third-order valence-electron chi connectivity index (χ3n) is 5.38. The van der Waals surface area contributed by atoms with E-state index in [2.05, 4.69) is 23.3 Å². The SMILES string of the molecule is CCC1=C(/NCC2COCCO2)CC=C=C(Nc2cccc(S(C)(=O)=O)c2)\C(C(N)=O)=C/C=C/1. The summed E-state index contributed by atoms with van der Waals surface area (Å²) in [6.07, 6.45) is 9.64. The molecule has 1 unspecified atom stereocenters. The highest BCUT2D eigenvalue weighted by molar-refractivity contribution is 7.90. The zero-order valence-corrected chi connectivity index (χ0v) is 20.3. The first-order valence-electron chi connectivity index (χ1n) is 11.1. The summed E-state index contributed by atoms with van der Waals surface area (Å²) in [5, 5.41) is 6.57. The van der Waals surface area contributed by atoms with Crippen LogP contribution in [0.4, 0.5) is 5.69 Å². The number of nitrogens with two attached hydrogens (primary N) is 1. The molecule has 0 radical (unpaired) electrons. The number of allylic oxidation sites excluding steroid dienone is 5. The third kappa shape index (κ3) is 7.20. The van der Waals surface area contributed by atoms with Gasteiger partial charge in [0.15, 0.2) is 9.84 Å². The monoisotopic (exact) mass is 485 g/mol. The van der Waals surface area contributed by atoms with E-state index in [-0.39, 0.29) is 16.6 Å². The van der Waals surface area contributed by atoms with Crippen molar-refractivity contribution in [2.45, 2.75) is 30.8 Å². The number of rotatable bonds is 8. The summed E-state index contributed by atoms with van der Waals surface area (Å²) in [4.78, 5) is 12.4.